The molecule has 0 amide bonds. The van der Waals surface area contributed by atoms with Gasteiger partial charge in [0, 0.05) is 6.42 Å². The Kier molecular flexibility index (Phi) is 26.7. The summed E-state index contributed by atoms with van der Waals surface area (Å²) in [5.74, 6) is 0.406. The summed E-state index contributed by atoms with van der Waals surface area (Å²) in [7, 11) is 0. The van der Waals surface area contributed by atoms with Crippen molar-refractivity contribution >= 4 is 18.6 Å². The van der Waals surface area contributed by atoms with Gasteiger partial charge in [-0.25, -0.2) is 0 Å². The van der Waals surface area contributed by atoms with Gasteiger partial charge in [-0.15, -0.1) is 0 Å². The lowest BCUT2D eigenvalue weighted by Crippen LogP contribution is -1.93. The van der Waals surface area contributed by atoms with E-state index < -0.39 is 5.97 Å². The van der Waals surface area contributed by atoms with Crippen molar-refractivity contribution < 1.29 is 9.90 Å². The van der Waals surface area contributed by atoms with E-state index >= 15 is 0 Å². The fourth-order valence-electron chi connectivity index (χ4n) is 4.28. The van der Waals surface area contributed by atoms with E-state index in [9.17, 15) is 4.79 Å². The normalized spacial score (nSPS) is 11.2. The molecule has 0 aromatic heterocycles. The van der Waals surface area contributed by atoms with Crippen molar-refractivity contribution in [3.63, 3.8) is 0 Å². The first kappa shape index (κ1) is 29.8. The molecule has 180 valence electrons. The van der Waals surface area contributed by atoms with Crippen LogP contribution in [0.1, 0.15) is 161 Å². The van der Waals surface area contributed by atoms with E-state index in [0.29, 0.717) is 6.42 Å². The first-order valence-electron chi connectivity index (χ1n) is 13.6. The van der Waals surface area contributed by atoms with Crippen LogP contribution in [0.15, 0.2) is 0 Å². The number of rotatable bonds is 26. The topological polar surface area (TPSA) is 37.3 Å². The van der Waals surface area contributed by atoms with Crippen molar-refractivity contribution in [2.75, 3.05) is 5.75 Å². The van der Waals surface area contributed by atoms with Crippen LogP contribution in [-0.4, -0.2) is 16.8 Å². The Labute approximate surface area is 194 Å². The molecule has 0 heterocycles. The second-order valence-corrected chi connectivity index (χ2v) is 9.80. The van der Waals surface area contributed by atoms with Crippen LogP contribution in [0.4, 0.5) is 0 Å². The van der Waals surface area contributed by atoms with Gasteiger partial charge in [-0.05, 0) is 18.6 Å². The SMILES string of the molecule is O=C(O)CCCCCCCCCCCCCCCCCCCCCCCCCCS. The summed E-state index contributed by atoms with van der Waals surface area (Å²) in [5, 5.41) is 8.59. The largest absolute Gasteiger partial charge is 0.481 e. The maximum absolute atomic E-state index is 10.4. The van der Waals surface area contributed by atoms with Gasteiger partial charge in [0.1, 0.15) is 0 Å². The molecule has 3 heteroatoms. The summed E-state index contributed by atoms with van der Waals surface area (Å²) in [6.45, 7) is 0. The molecule has 0 spiro atoms. The Hall–Kier alpha value is -0.180. The quantitative estimate of drug-likeness (QED) is 0.103. The number of carbonyl (C=O) groups is 1. The van der Waals surface area contributed by atoms with Crippen molar-refractivity contribution in [1.82, 2.24) is 0 Å². The summed E-state index contributed by atoms with van der Waals surface area (Å²) in [6, 6.07) is 0. The van der Waals surface area contributed by atoms with Gasteiger partial charge >= 0.3 is 5.97 Å². The molecule has 0 fully saturated rings. The van der Waals surface area contributed by atoms with Gasteiger partial charge in [-0.2, -0.15) is 12.6 Å². The van der Waals surface area contributed by atoms with Crippen molar-refractivity contribution in [1.29, 1.82) is 0 Å². The van der Waals surface area contributed by atoms with Crippen molar-refractivity contribution in [3.8, 4) is 0 Å². The molecule has 2 nitrogen and oxygen atoms in total. The van der Waals surface area contributed by atoms with Gasteiger partial charge in [0.05, 0.1) is 0 Å². The molecule has 0 aliphatic rings. The zero-order chi connectivity index (χ0) is 22.0. The lowest BCUT2D eigenvalue weighted by atomic mass is 10.0. The maximum Gasteiger partial charge on any atom is 0.303 e. The van der Waals surface area contributed by atoms with Crippen LogP contribution in [0.5, 0.6) is 0 Å². The first-order valence-corrected chi connectivity index (χ1v) is 14.2. The fourth-order valence-corrected chi connectivity index (χ4v) is 4.50. The molecule has 0 saturated heterocycles. The Balaban J connectivity index is 2.99. The van der Waals surface area contributed by atoms with Crippen LogP contribution in [0, 0.1) is 0 Å². The standard InChI is InChI=1S/C27H54O2S/c28-27(29)25-23-21-19-17-15-13-11-9-7-5-3-1-2-4-6-8-10-12-14-16-18-20-22-24-26-30/h30H,1-26H2,(H,28,29). The number of carboxylic acid groups (broad SMARTS) is 1. The number of hydrogen-bond donors (Lipinski definition) is 2. The van der Waals surface area contributed by atoms with E-state index in [-0.39, 0.29) is 0 Å². The molecular weight excluding hydrogens is 388 g/mol. The molecular formula is C27H54O2S. The van der Waals surface area contributed by atoms with E-state index in [4.69, 9.17) is 5.11 Å². The molecule has 0 saturated carbocycles. The fraction of sp³-hybridized carbons (Fsp3) is 0.963. The summed E-state index contributed by atoms with van der Waals surface area (Å²) >= 11 is 4.26. The third-order valence-corrected chi connectivity index (χ3v) is 6.61. The van der Waals surface area contributed by atoms with E-state index in [1.165, 1.54) is 141 Å². The smallest absolute Gasteiger partial charge is 0.303 e. The van der Waals surface area contributed by atoms with E-state index in [1.807, 2.05) is 0 Å². The third kappa shape index (κ3) is 27.8. The van der Waals surface area contributed by atoms with Crippen molar-refractivity contribution in [2.24, 2.45) is 0 Å². The van der Waals surface area contributed by atoms with Gasteiger partial charge in [0.25, 0.3) is 0 Å². The molecule has 0 aliphatic heterocycles. The average Bonchev–Trinajstić information content (AvgIpc) is 2.73. The van der Waals surface area contributed by atoms with Gasteiger partial charge < -0.3 is 5.11 Å². The molecule has 0 atom stereocenters. The van der Waals surface area contributed by atoms with Crippen LogP contribution >= 0.6 is 12.6 Å². The van der Waals surface area contributed by atoms with Crippen LogP contribution in [0.2, 0.25) is 0 Å². The highest BCUT2D eigenvalue weighted by atomic mass is 32.1. The zero-order valence-electron chi connectivity index (χ0n) is 20.2. The minimum atomic E-state index is -0.651. The number of hydrogen-bond acceptors (Lipinski definition) is 2. The second kappa shape index (κ2) is 26.9. The molecule has 0 aromatic carbocycles. The molecule has 30 heavy (non-hydrogen) atoms. The molecule has 0 rings (SSSR count). The number of aliphatic carboxylic acids is 1. The van der Waals surface area contributed by atoms with Gasteiger partial charge in [-0.3, -0.25) is 4.79 Å². The van der Waals surface area contributed by atoms with Crippen LogP contribution in [0.3, 0.4) is 0 Å². The van der Waals surface area contributed by atoms with E-state index in [0.717, 1.165) is 18.6 Å². The molecule has 0 bridgehead atoms. The van der Waals surface area contributed by atoms with E-state index in [1.54, 1.807) is 0 Å². The molecule has 0 unspecified atom stereocenters. The highest BCUT2D eigenvalue weighted by Crippen LogP contribution is 2.15. The Morgan fingerprint density at radius 1 is 0.400 bits per heavy atom. The monoisotopic (exact) mass is 442 g/mol. The van der Waals surface area contributed by atoms with Gasteiger partial charge in [0.15, 0.2) is 0 Å². The zero-order valence-corrected chi connectivity index (χ0v) is 21.1. The predicted octanol–water partition coefficient (Wildman–Crippen LogP) is 9.75. The van der Waals surface area contributed by atoms with Crippen LogP contribution in [-0.2, 0) is 4.79 Å². The number of unbranched alkanes of at least 4 members (excludes halogenated alkanes) is 23. The Morgan fingerprint density at radius 3 is 0.800 bits per heavy atom. The van der Waals surface area contributed by atoms with Gasteiger partial charge in [-0.1, -0.05) is 141 Å². The molecule has 0 aromatic rings. The maximum atomic E-state index is 10.4. The number of carboxylic acids is 1. The molecule has 0 radical (unpaired) electrons. The lowest BCUT2D eigenvalue weighted by molar-refractivity contribution is -0.137. The van der Waals surface area contributed by atoms with E-state index in [2.05, 4.69) is 12.6 Å². The van der Waals surface area contributed by atoms with Crippen molar-refractivity contribution in [3.05, 3.63) is 0 Å². The van der Waals surface area contributed by atoms with Crippen LogP contribution in [0.25, 0.3) is 0 Å². The Bertz CT molecular complexity index is 333. The van der Waals surface area contributed by atoms with Crippen LogP contribution < -0.4 is 0 Å². The summed E-state index contributed by atoms with van der Waals surface area (Å²) in [4.78, 5) is 10.4. The summed E-state index contributed by atoms with van der Waals surface area (Å²) < 4.78 is 0. The lowest BCUT2D eigenvalue weighted by Gasteiger charge is -2.04. The number of thiol groups is 1. The van der Waals surface area contributed by atoms with Crippen molar-refractivity contribution in [2.45, 2.75) is 161 Å². The molecule has 1 N–H and O–H groups in total. The highest BCUT2D eigenvalue weighted by Gasteiger charge is 1.97. The highest BCUT2D eigenvalue weighted by molar-refractivity contribution is 7.80. The summed E-state index contributed by atoms with van der Waals surface area (Å²) in [5.41, 5.74) is 0. The molecule has 0 aliphatic carbocycles. The Morgan fingerprint density at radius 2 is 0.600 bits per heavy atom. The van der Waals surface area contributed by atoms with Gasteiger partial charge in [0.2, 0.25) is 0 Å². The second-order valence-electron chi connectivity index (χ2n) is 9.35. The first-order chi connectivity index (χ1) is 14.8. The minimum absolute atomic E-state index is 0.345. The third-order valence-electron chi connectivity index (χ3n) is 6.30. The average molecular weight is 443 g/mol. The summed E-state index contributed by atoms with van der Waals surface area (Å²) in [6.07, 6.45) is 33.2. The predicted molar refractivity (Wildman–Crippen MR) is 137 cm³/mol. The minimum Gasteiger partial charge on any atom is -0.481 e.